The lowest BCUT2D eigenvalue weighted by atomic mass is 9.79. The summed E-state index contributed by atoms with van der Waals surface area (Å²) in [6.07, 6.45) is -4.60. The summed E-state index contributed by atoms with van der Waals surface area (Å²) in [5, 5.41) is 10.5. The third kappa shape index (κ3) is 3.58. The van der Waals surface area contributed by atoms with E-state index < -0.39 is 29.4 Å². The van der Waals surface area contributed by atoms with E-state index in [1.807, 2.05) is 13.8 Å². The molecule has 0 amide bonds. The fourth-order valence-electron chi connectivity index (χ4n) is 2.71. The first-order valence-electron chi connectivity index (χ1n) is 5.86. The summed E-state index contributed by atoms with van der Waals surface area (Å²) >= 11 is 0. The van der Waals surface area contributed by atoms with Crippen LogP contribution in [0.3, 0.4) is 0 Å². The van der Waals surface area contributed by atoms with Gasteiger partial charge in [0, 0.05) is 12.8 Å². The van der Waals surface area contributed by atoms with Crippen molar-refractivity contribution in [2.75, 3.05) is 0 Å². The fraction of sp³-hybridized carbons (Fsp3) is 1.00. The van der Waals surface area contributed by atoms with Crippen LogP contribution in [0.5, 0.6) is 0 Å². The summed E-state index contributed by atoms with van der Waals surface area (Å²) in [6.45, 7) is 7.15. The quantitative estimate of drug-likeness (QED) is 0.836. The number of ether oxygens (including phenoxy) is 1. The molecule has 0 aromatic rings. The molecule has 0 aromatic heterocycles. The molecule has 1 heterocycles. The van der Waals surface area contributed by atoms with Gasteiger partial charge in [0.15, 0.2) is 0 Å². The summed E-state index contributed by atoms with van der Waals surface area (Å²) in [6, 6.07) is 0. The topological polar surface area (TPSA) is 29.5 Å². The van der Waals surface area contributed by atoms with Crippen LogP contribution in [-0.4, -0.2) is 28.1 Å². The molecule has 1 aliphatic rings. The molecular weight excluding hydrogens is 233 g/mol. The highest BCUT2D eigenvalue weighted by Crippen LogP contribution is 2.47. The van der Waals surface area contributed by atoms with Gasteiger partial charge < -0.3 is 9.84 Å². The Labute approximate surface area is 100 Å². The maximum Gasteiger partial charge on any atom is 0.389 e. The van der Waals surface area contributed by atoms with Gasteiger partial charge in [0.2, 0.25) is 0 Å². The number of rotatable bonds is 3. The van der Waals surface area contributed by atoms with Crippen molar-refractivity contribution in [1.82, 2.24) is 0 Å². The van der Waals surface area contributed by atoms with Crippen molar-refractivity contribution in [3.63, 3.8) is 0 Å². The summed E-state index contributed by atoms with van der Waals surface area (Å²) in [7, 11) is 0. The Morgan fingerprint density at radius 2 is 1.71 bits per heavy atom. The molecule has 1 fully saturated rings. The van der Waals surface area contributed by atoms with E-state index in [1.165, 1.54) is 0 Å². The molecule has 1 saturated heterocycles. The van der Waals surface area contributed by atoms with Gasteiger partial charge in [-0.05, 0) is 40.5 Å². The molecule has 0 aliphatic carbocycles. The van der Waals surface area contributed by atoms with Crippen LogP contribution >= 0.6 is 0 Å². The van der Waals surface area contributed by atoms with Gasteiger partial charge in [0.1, 0.15) is 0 Å². The molecular formula is C12H21F3O2. The van der Waals surface area contributed by atoms with Gasteiger partial charge >= 0.3 is 6.18 Å². The van der Waals surface area contributed by atoms with E-state index in [2.05, 4.69) is 0 Å². The van der Waals surface area contributed by atoms with Gasteiger partial charge in [-0.3, -0.25) is 0 Å². The molecule has 1 N–H and O–H groups in total. The number of halogens is 3. The lowest BCUT2D eigenvalue weighted by molar-refractivity contribution is -0.148. The molecule has 0 spiro atoms. The molecule has 1 atom stereocenters. The monoisotopic (exact) mass is 254 g/mol. The van der Waals surface area contributed by atoms with E-state index >= 15 is 0 Å². The molecule has 0 aromatic carbocycles. The highest BCUT2D eigenvalue weighted by molar-refractivity contribution is 5.05. The minimum atomic E-state index is -4.16. The second-order valence-electron chi connectivity index (χ2n) is 6.05. The summed E-state index contributed by atoms with van der Waals surface area (Å²) in [4.78, 5) is 0. The van der Waals surface area contributed by atoms with E-state index in [4.69, 9.17) is 4.74 Å². The Morgan fingerprint density at radius 3 is 2.06 bits per heavy atom. The number of alkyl halides is 3. The average molecular weight is 254 g/mol. The van der Waals surface area contributed by atoms with Crippen LogP contribution in [0.4, 0.5) is 13.2 Å². The first-order valence-corrected chi connectivity index (χ1v) is 5.86. The highest BCUT2D eigenvalue weighted by atomic mass is 19.4. The van der Waals surface area contributed by atoms with E-state index in [1.54, 1.807) is 13.8 Å². The molecule has 2 nitrogen and oxygen atoms in total. The second-order valence-corrected chi connectivity index (χ2v) is 6.05. The first-order chi connectivity index (χ1) is 7.37. The molecule has 17 heavy (non-hydrogen) atoms. The van der Waals surface area contributed by atoms with Gasteiger partial charge in [-0.2, -0.15) is 13.2 Å². The van der Waals surface area contributed by atoms with Crippen molar-refractivity contribution in [2.24, 2.45) is 0 Å². The van der Waals surface area contributed by atoms with Crippen LogP contribution in [0.15, 0.2) is 0 Å². The predicted octanol–water partition coefficient (Wildman–Crippen LogP) is 3.43. The zero-order valence-electron chi connectivity index (χ0n) is 10.8. The lowest BCUT2D eigenvalue weighted by Crippen LogP contribution is -2.46. The SMILES string of the molecule is CC1(C)CC(O)(CCCC(F)(F)F)C(C)(C)O1. The average Bonchev–Trinajstić information content (AvgIpc) is 2.11. The van der Waals surface area contributed by atoms with Crippen molar-refractivity contribution >= 4 is 0 Å². The van der Waals surface area contributed by atoms with Crippen molar-refractivity contribution in [2.45, 2.75) is 76.4 Å². The molecule has 102 valence electrons. The largest absolute Gasteiger partial charge is 0.389 e. The van der Waals surface area contributed by atoms with Crippen LogP contribution in [-0.2, 0) is 4.74 Å². The Morgan fingerprint density at radius 1 is 1.18 bits per heavy atom. The Kier molecular flexibility index (Phi) is 3.58. The summed E-state index contributed by atoms with van der Waals surface area (Å²) in [5.41, 5.74) is -2.47. The second kappa shape index (κ2) is 4.12. The minimum Gasteiger partial charge on any atom is -0.387 e. The number of hydrogen-bond donors (Lipinski definition) is 1. The van der Waals surface area contributed by atoms with Gasteiger partial charge in [0.25, 0.3) is 0 Å². The Bertz CT molecular complexity index is 284. The number of aliphatic hydroxyl groups is 1. The van der Waals surface area contributed by atoms with E-state index in [0.29, 0.717) is 6.42 Å². The molecule has 0 radical (unpaired) electrons. The smallest absolute Gasteiger partial charge is 0.387 e. The normalized spacial score (nSPS) is 31.8. The van der Waals surface area contributed by atoms with Crippen molar-refractivity contribution in [3.05, 3.63) is 0 Å². The Balaban J connectivity index is 2.62. The third-order valence-corrected chi connectivity index (χ3v) is 3.42. The maximum atomic E-state index is 12.1. The van der Waals surface area contributed by atoms with Crippen LogP contribution in [0.25, 0.3) is 0 Å². The minimum absolute atomic E-state index is 0.0666. The van der Waals surface area contributed by atoms with Gasteiger partial charge in [-0.25, -0.2) is 0 Å². The molecule has 1 rings (SSSR count). The van der Waals surface area contributed by atoms with Gasteiger partial charge in [0.05, 0.1) is 16.8 Å². The van der Waals surface area contributed by atoms with Crippen LogP contribution in [0.2, 0.25) is 0 Å². The van der Waals surface area contributed by atoms with Crippen molar-refractivity contribution in [3.8, 4) is 0 Å². The molecule has 1 aliphatic heterocycles. The van der Waals surface area contributed by atoms with Gasteiger partial charge in [-0.15, -0.1) is 0 Å². The van der Waals surface area contributed by atoms with Crippen LogP contribution in [0, 0.1) is 0 Å². The molecule has 5 heteroatoms. The molecule has 1 unspecified atom stereocenters. The lowest BCUT2D eigenvalue weighted by Gasteiger charge is -2.35. The van der Waals surface area contributed by atoms with E-state index in [9.17, 15) is 18.3 Å². The van der Waals surface area contributed by atoms with E-state index in [0.717, 1.165) is 0 Å². The van der Waals surface area contributed by atoms with Crippen molar-refractivity contribution < 1.29 is 23.0 Å². The van der Waals surface area contributed by atoms with E-state index in [-0.39, 0.29) is 12.8 Å². The van der Waals surface area contributed by atoms with Crippen molar-refractivity contribution in [1.29, 1.82) is 0 Å². The number of hydrogen-bond acceptors (Lipinski definition) is 2. The zero-order valence-corrected chi connectivity index (χ0v) is 10.8. The predicted molar refractivity (Wildman–Crippen MR) is 58.7 cm³/mol. The third-order valence-electron chi connectivity index (χ3n) is 3.42. The fourth-order valence-corrected chi connectivity index (χ4v) is 2.71. The highest BCUT2D eigenvalue weighted by Gasteiger charge is 2.55. The standard InChI is InChI=1S/C12H21F3O2/c1-9(2)8-11(16,10(3,4)17-9)6-5-7-12(13,14)15/h16H,5-8H2,1-4H3. The summed E-state index contributed by atoms with van der Waals surface area (Å²) < 4.78 is 42.0. The maximum absolute atomic E-state index is 12.1. The van der Waals surface area contributed by atoms with Crippen LogP contribution in [0.1, 0.15) is 53.4 Å². The zero-order chi connectivity index (χ0) is 13.5. The van der Waals surface area contributed by atoms with Gasteiger partial charge in [-0.1, -0.05) is 0 Å². The van der Waals surface area contributed by atoms with Crippen LogP contribution < -0.4 is 0 Å². The molecule has 0 saturated carbocycles. The Hall–Kier alpha value is -0.290. The molecule has 0 bridgehead atoms. The summed E-state index contributed by atoms with van der Waals surface area (Å²) in [5.74, 6) is 0. The first kappa shape index (κ1) is 14.8.